The van der Waals surface area contributed by atoms with E-state index in [-0.39, 0.29) is 18.7 Å². The third kappa shape index (κ3) is 6.71. The second-order valence-electron chi connectivity index (χ2n) is 7.13. The Kier molecular flexibility index (Phi) is 7.17. The summed E-state index contributed by atoms with van der Waals surface area (Å²) in [6.07, 6.45) is -4.50. The molecule has 1 amide bonds. The highest BCUT2D eigenvalue weighted by Gasteiger charge is 2.33. The topological polar surface area (TPSA) is 45.7 Å². The number of benzene rings is 2. The van der Waals surface area contributed by atoms with E-state index in [0.717, 1.165) is 16.3 Å². The van der Waals surface area contributed by atoms with Gasteiger partial charge in [0.15, 0.2) is 0 Å². The number of amides is 1. The maximum Gasteiger partial charge on any atom is 0.406 e. The van der Waals surface area contributed by atoms with Gasteiger partial charge in [0.2, 0.25) is 0 Å². The molecule has 5 nitrogen and oxygen atoms in total. The number of hydrogen-bond donors (Lipinski definition) is 0. The van der Waals surface area contributed by atoms with E-state index in [9.17, 15) is 18.0 Å². The van der Waals surface area contributed by atoms with Crippen molar-refractivity contribution in [3.8, 4) is 5.75 Å². The Bertz CT molecular complexity index is 973. The Labute approximate surface area is 182 Å². The van der Waals surface area contributed by atoms with Crippen LogP contribution in [-0.2, 0) is 13.2 Å². The summed E-state index contributed by atoms with van der Waals surface area (Å²) >= 11 is 1.46. The highest BCUT2D eigenvalue weighted by Crippen LogP contribution is 2.22. The van der Waals surface area contributed by atoms with Crippen molar-refractivity contribution in [1.29, 1.82) is 0 Å². The van der Waals surface area contributed by atoms with Crippen LogP contribution in [0.25, 0.3) is 0 Å². The van der Waals surface area contributed by atoms with Crippen LogP contribution in [0.1, 0.15) is 21.6 Å². The minimum Gasteiger partial charge on any atom is -0.487 e. The molecule has 0 saturated carbocycles. The molecule has 3 rings (SSSR count). The fourth-order valence-electron chi connectivity index (χ4n) is 2.88. The van der Waals surface area contributed by atoms with Gasteiger partial charge in [-0.25, -0.2) is 4.98 Å². The molecule has 1 aromatic heterocycles. The Morgan fingerprint density at radius 1 is 1.06 bits per heavy atom. The van der Waals surface area contributed by atoms with Crippen LogP contribution in [0.4, 0.5) is 18.9 Å². The number of anilines is 1. The van der Waals surface area contributed by atoms with E-state index in [0.29, 0.717) is 11.3 Å². The first kappa shape index (κ1) is 22.6. The molecule has 0 saturated heterocycles. The average Bonchev–Trinajstić information content (AvgIpc) is 3.25. The molecule has 164 valence electrons. The largest absolute Gasteiger partial charge is 0.487 e. The van der Waals surface area contributed by atoms with Gasteiger partial charge in [-0.15, -0.1) is 11.3 Å². The first-order chi connectivity index (χ1) is 14.7. The van der Waals surface area contributed by atoms with Crippen molar-refractivity contribution in [2.24, 2.45) is 0 Å². The predicted molar refractivity (Wildman–Crippen MR) is 114 cm³/mol. The number of aromatic nitrogens is 1. The van der Waals surface area contributed by atoms with E-state index in [4.69, 9.17) is 4.74 Å². The summed E-state index contributed by atoms with van der Waals surface area (Å²) in [4.78, 5) is 19.6. The van der Waals surface area contributed by atoms with Crippen LogP contribution in [-0.4, -0.2) is 42.6 Å². The number of hydrogen-bond acceptors (Lipinski definition) is 5. The van der Waals surface area contributed by atoms with Gasteiger partial charge in [-0.1, -0.05) is 12.1 Å². The molecule has 9 heteroatoms. The number of alkyl halides is 3. The number of nitrogens with zero attached hydrogens (tertiary/aromatic N) is 3. The number of ether oxygens (including phenoxy) is 1. The number of carbonyl (C=O) groups excluding carboxylic acids is 1. The molecule has 2 aromatic carbocycles. The minimum atomic E-state index is -4.50. The van der Waals surface area contributed by atoms with Crippen molar-refractivity contribution >= 4 is 22.9 Å². The van der Waals surface area contributed by atoms with Gasteiger partial charge in [0.05, 0.1) is 11.2 Å². The van der Waals surface area contributed by atoms with Crippen molar-refractivity contribution in [2.75, 3.05) is 25.5 Å². The highest BCUT2D eigenvalue weighted by molar-refractivity contribution is 7.07. The molecule has 0 aliphatic carbocycles. The fourth-order valence-corrected chi connectivity index (χ4v) is 3.42. The lowest BCUT2D eigenvalue weighted by atomic mass is 10.1. The first-order valence-electron chi connectivity index (χ1n) is 9.43. The lowest BCUT2D eigenvalue weighted by Crippen LogP contribution is -2.38. The molecule has 0 aliphatic heterocycles. The molecule has 31 heavy (non-hydrogen) atoms. The summed E-state index contributed by atoms with van der Waals surface area (Å²) in [5.74, 6) is -0.189. The van der Waals surface area contributed by atoms with Gasteiger partial charge >= 0.3 is 6.18 Å². The molecule has 0 aliphatic rings. The molecule has 0 radical (unpaired) electrons. The third-order valence-corrected chi connectivity index (χ3v) is 5.09. The van der Waals surface area contributed by atoms with Gasteiger partial charge in [-0.3, -0.25) is 4.79 Å². The van der Waals surface area contributed by atoms with Crippen LogP contribution < -0.4 is 9.64 Å². The Balaban J connectivity index is 1.71. The second-order valence-corrected chi connectivity index (χ2v) is 7.85. The lowest BCUT2D eigenvalue weighted by molar-refractivity contribution is -0.141. The first-order valence-corrected chi connectivity index (χ1v) is 10.4. The van der Waals surface area contributed by atoms with Crippen LogP contribution >= 0.6 is 11.3 Å². The van der Waals surface area contributed by atoms with E-state index >= 15 is 0 Å². The van der Waals surface area contributed by atoms with Crippen LogP contribution in [0, 0.1) is 0 Å². The average molecular weight is 449 g/mol. The highest BCUT2D eigenvalue weighted by atomic mass is 32.1. The summed E-state index contributed by atoms with van der Waals surface area (Å²) in [6.45, 7) is -1.20. The Morgan fingerprint density at radius 2 is 1.74 bits per heavy atom. The predicted octanol–water partition coefficient (Wildman–Crippen LogP) is 4.99. The SMILES string of the molecule is CN(C)c1ccc(CN(CC(F)(F)F)C(=O)c2ccc(OCc3cscn3)cc2)cc1. The summed E-state index contributed by atoms with van der Waals surface area (Å²) < 4.78 is 45.0. The monoisotopic (exact) mass is 449 g/mol. The molecular formula is C22H22F3N3O2S. The zero-order valence-corrected chi connectivity index (χ0v) is 17.9. The number of halogens is 3. The van der Waals surface area contributed by atoms with Crippen molar-refractivity contribution in [3.05, 3.63) is 76.2 Å². The van der Waals surface area contributed by atoms with Crippen LogP contribution in [0.2, 0.25) is 0 Å². The lowest BCUT2D eigenvalue weighted by Gasteiger charge is -2.24. The standard InChI is InChI=1S/C22H22F3N3O2S/c1-27(2)19-7-3-16(4-8-19)11-28(14-22(23,24)25)21(29)17-5-9-20(10-6-17)30-12-18-13-31-15-26-18/h3-10,13,15H,11-12,14H2,1-2H3. The summed E-state index contributed by atoms with van der Waals surface area (Å²) in [7, 11) is 3.75. The quantitative estimate of drug-likeness (QED) is 0.486. The van der Waals surface area contributed by atoms with E-state index < -0.39 is 18.6 Å². The van der Waals surface area contributed by atoms with Gasteiger partial charge in [0.25, 0.3) is 5.91 Å². The number of carbonyl (C=O) groups is 1. The van der Waals surface area contributed by atoms with Crippen LogP contribution in [0.3, 0.4) is 0 Å². The molecular weight excluding hydrogens is 427 g/mol. The molecule has 0 atom stereocenters. The Hall–Kier alpha value is -3.07. The van der Waals surface area contributed by atoms with E-state index in [1.165, 1.54) is 23.5 Å². The zero-order chi connectivity index (χ0) is 22.4. The Morgan fingerprint density at radius 3 is 2.29 bits per heavy atom. The minimum absolute atomic E-state index is 0.145. The van der Waals surface area contributed by atoms with E-state index in [1.807, 2.05) is 24.4 Å². The maximum atomic E-state index is 13.1. The van der Waals surface area contributed by atoms with Crippen molar-refractivity contribution in [3.63, 3.8) is 0 Å². The number of thiazole rings is 1. The number of rotatable bonds is 8. The van der Waals surface area contributed by atoms with Gasteiger partial charge in [0.1, 0.15) is 18.9 Å². The van der Waals surface area contributed by atoms with Crippen LogP contribution in [0.5, 0.6) is 5.75 Å². The summed E-state index contributed by atoms with van der Waals surface area (Å²) in [6, 6.07) is 13.1. The van der Waals surface area contributed by atoms with Gasteiger partial charge in [-0.2, -0.15) is 13.2 Å². The van der Waals surface area contributed by atoms with E-state index in [1.54, 1.807) is 41.9 Å². The van der Waals surface area contributed by atoms with Crippen molar-refractivity contribution in [1.82, 2.24) is 9.88 Å². The smallest absolute Gasteiger partial charge is 0.406 e. The fraction of sp³-hybridized carbons (Fsp3) is 0.273. The molecule has 0 fully saturated rings. The molecule has 0 N–H and O–H groups in total. The van der Waals surface area contributed by atoms with Crippen molar-refractivity contribution in [2.45, 2.75) is 19.3 Å². The van der Waals surface area contributed by atoms with Gasteiger partial charge in [0, 0.05) is 37.3 Å². The van der Waals surface area contributed by atoms with Gasteiger partial charge < -0.3 is 14.5 Å². The van der Waals surface area contributed by atoms with Gasteiger partial charge in [-0.05, 0) is 42.0 Å². The van der Waals surface area contributed by atoms with Crippen molar-refractivity contribution < 1.29 is 22.7 Å². The molecule has 1 heterocycles. The molecule has 0 spiro atoms. The molecule has 0 bridgehead atoms. The zero-order valence-electron chi connectivity index (χ0n) is 17.1. The second kappa shape index (κ2) is 9.82. The normalized spacial score (nSPS) is 11.3. The maximum absolute atomic E-state index is 13.1. The van der Waals surface area contributed by atoms with E-state index in [2.05, 4.69) is 4.98 Å². The molecule has 3 aromatic rings. The summed E-state index contributed by atoms with van der Waals surface area (Å²) in [5, 5.41) is 1.86. The summed E-state index contributed by atoms with van der Waals surface area (Å²) in [5.41, 5.74) is 4.18. The third-order valence-electron chi connectivity index (χ3n) is 4.45. The van der Waals surface area contributed by atoms with Crippen LogP contribution in [0.15, 0.2) is 59.4 Å². The molecule has 0 unspecified atom stereocenters.